The lowest BCUT2D eigenvalue weighted by atomic mass is 10.2. The molecule has 1 heterocycles. The molecule has 0 N–H and O–H groups in total. The second-order valence-electron chi connectivity index (χ2n) is 5.91. The van der Waals surface area contributed by atoms with E-state index in [1.807, 2.05) is 54.6 Å². The van der Waals surface area contributed by atoms with Crippen molar-refractivity contribution in [2.45, 2.75) is 0 Å². The molecule has 0 saturated heterocycles. The molecule has 0 aliphatic heterocycles. The molecule has 4 aromatic rings. The van der Waals surface area contributed by atoms with E-state index in [1.54, 1.807) is 28.8 Å². The van der Waals surface area contributed by atoms with Crippen molar-refractivity contribution in [3.05, 3.63) is 89.0 Å². The van der Waals surface area contributed by atoms with Crippen molar-refractivity contribution in [2.24, 2.45) is 0 Å². The monoisotopic (exact) mass is 374 g/mol. The van der Waals surface area contributed by atoms with E-state index < -0.39 is 4.92 Å². The first-order chi connectivity index (χ1) is 13.7. The number of nitro benzene ring substituents is 1. The number of aromatic nitrogens is 4. The Bertz CT molecular complexity index is 1120. The van der Waals surface area contributed by atoms with Gasteiger partial charge in [-0.1, -0.05) is 30.3 Å². The molecular formula is C20H16N5O3+. The van der Waals surface area contributed by atoms with Crippen LogP contribution in [0.3, 0.4) is 0 Å². The standard InChI is InChI=1S/C20H16N5O3/c1-28-19-10-6-5-9-18(19)24-22-20(15-7-3-2-4-8-15)21-23(24)16-11-13-17(14-12-16)25(26)27/h2-14H,1H3/q+1. The molecule has 0 amide bonds. The number of nitrogens with zero attached hydrogens (tertiary/aromatic N) is 5. The molecule has 0 spiro atoms. The summed E-state index contributed by atoms with van der Waals surface area (Å²) in [6.07, 6.45) is 0. The van der Waals surface area contributed by atoms with Gasteiger partial charge in [-0.25, -0.2) is 0 Å². The van der Waals surface area contributed by atoms with E-state index in [1.165, 1.54) is 12.1 Å². The first kappa shape index (κ1) is 17.3. The molecule has 3 aromatic carbocycles. The van der Waals surface area contributed by atoms with Crippen molar-refractivity contribution in [2.75, 3.05) is 7.11 Å². The Balaban J connectivity index is 1.91. The topological polar surface area (TPSA) is 87.0 Å². The second-order valence-corrected chi connectivity index (χ2v) is 5.91. The third kappa shape index (κ3) is 3.18. The summed E-state index contributed by atoms with van der Waals surface area (Å²) in [5.74, 6) is 1.15. The Morgan fingerprint density at radius 3 is 2.32 bits per heavy atom. The maximum Gasteiger partial charge on any atom is 0.340 e. The fraction of sp³-hybridized carbons (Fsp3) is 0.0500. The smallest absolute Gasteiger partial charge is 0.340 e. The summed E-state index contributed by atoms with van der Waals surface area (Å²) in [6, 6.07) is 23.2. The van der Waals surface area contributed by atoms with Crippen molar-refractivity contribution in [1.82, 2.24) is 15.0 Å². The van der Waals surface area contributed by atoms with E-state index in [4.69, 9.17) is 4.74 Å². The minimum absolute atomic E-state index is 0.0102. The summed E-state index contributed by atoms with van der Waals surface area (Å²) < 4.78 is 5.46. The number of non-ortho nitro benzene ring substituents is 1. The highest BCUT2D eigenvalue weighted by Crippen LogP contribution is 2.20. The Labute approximate surface area is 160 Å². The minimum Gasteiger partial charge on any atom is -0.492 e. The molecule has 0 unspecified atom stereocenters. The average Bonchev–Trinajstić information content (AvgIpc) is 3.19. The summed E-state index contributed by atoms with van der Waals surface area (Å²) >= 11 is 0. The van der Waals surface area contributed by atoms with E-state index in [2.05, 4.69) is 10.2 Å². The van der Waals surface area contributed by atoms with Gasteiger partial charge in [0.05, 0.1) is 22.7 Å². The van der Waals surface area contributed by atoms with Crippen LogP contribution in [0.2, 0.25) is 0 Å². The van der Waals surface area contributed by atoms with Crippen molar-refractivity contribution in [3.8, 4) is 28.5 Å². The quantitative estimate of drug-likeness (QED) is 0.304. The number of hydrogen-bond donors (Lipinski definition) is 0. The number of para-hydroxylation sites is 2. The highest BCUT2D eigenvalue weighted by Gasteiger charge is 2.25. The molecule has 138 valence electrons. The zero-order valence-electron chi connectivity index (χ0n) is 15.0. The maximum atomic E-state index is 11.0. The summed E-state index contributed by atoms with van der Waals surface area (Å²) in [5, 5.41) is 20.2. The Morgan fingerprint density at radius 1 is 0.964 bits per heavy atom. The van der Waals surface area contributed by atoms with E-state index in [-0.39, 0.29) is 5.69 Å². The predicted octanol–water partition coefficient (Wildman–Crippen LogP) is 3.13. The van der Waals surface area contributed by atoms with E-state index in [9.17, 15) is 10.1 Å². The lowest BCUT2D eigenvalue weighted by Crippen LogP contribution is -2.43. The van der Waals surface area contributed by atoms with Crippen molar-refractivity contribution in [1.29, 1.82) is 0 Å². The molecule has 0 atom stereocenters. The third-order valence-electron chi connectivity index (χ3n) is 4.18. The van der Waals surface area contributed by atoms with Gasteiger partial charge in [-0.2, -0.15) is 0 Å². The van der Waals surface area contributed by atoms with Crippen LogP contribution in [-0.2, 0) is 0 Å². The highest BCUT2D eigenvalue weighted by molar-refractivity contribution is 5.53. The van der Waals surface area contributed by atoms with Crippen LogP contribution < -0.4 is 9.53 Å². The van der Waals surface area contributed by atoms with Gasteiger partial charge < -0.3 is 4.74 Å². The predicted molar refractivity (Wildman–Crippen MR) is 102 cm³/mol. The molecule has 8 heteroatoms. The second kappa shape index (κ2) is 7.28. The number of benzene rings is 3. The summed E-state index contributed by atoms with van der Waals surface area (Å²) in [5.41, 5.74) is 2.19. The molecule has 28 heavy (non-hydrogen) atoms. The Kier molecular flexibility index (Phi) is 4.51. The number of hydrogen-bond acceptors (Lipinski definition) is 5. The lowest BCUT2D eigenvalue weighted by Gasteiger charge is -2.04. The first-order valence-corrected chi connectivity index (χ1v) is 8.50. The average molecular weight is 374 g/mol. The largest absolute Gasteiger partial charge is 0.492 e. The number of ether oxygens (including phenoxy) is 1. The molecule has 1 aromatic heterocycles. The fourth-order valence-electron chi connectivity index (χ4n) is 2.81. The molecule has 0 radical (unpaired) electrons. The minimum atomic E-state index is -0.436. The Hall–Kier alpha value is -4.07. The number of methoxy groups -OCH3 is 1. The zero-order valence-corrected chi connectivity index (χ0v) is 15.0. The molecule has 0 saturated carbocycles. The molecule has 8 nitrogen and oxygen atoms in total. The summed E-state index contributed by atoms with van der Waals surface area (Å²) in [6.45, 7) is 0. The van der Waals surface area contributed by atoms with Crippen molar-refractivity contribution >= 4 is 5.69 Å². The van der Waals surface area contributed by atoms with Crippen LogP contribution in [0.1, 0.15) is 0 Å². The van der Waals surface area contributed by atoms with Crippen LogP contribution in [0.25, 0.3) is 22.8 Å². The molecule has 4 rings (SSSR count). The van der Waals surface area contributed by atoms with E-state index in [0.717, 1.165) is 5.56 Å². The van der Waals surface area contributed by atoms with Crippen LogP contribution in [0.15, 0.2) is 78.9 Å². The van der Waals surface area contributed by atoms with Crippen molar-refractivity contribution < 1.29 is 14.5 Å². The SMILES string of the molecule is COc1ccccc1-[n+]1nc(-c2ccccc2)nn1-c1ccc([N+](=O)[O-])cc1. The zero-order chi connectivity index (χ0) is 19.5. The van der Waals surface area contributed by atoms with Gasteiger partial charge in [0.1, 0.15) is 5.69 Å². The van der Waals surface area contributed by atoms with Gasteiger partial charge in [0.2, 0.25) is 5.69 Å². The number of rotatable bonds is 5. The molecule has 0 aliphatic rings. The first-order valence-electron chi connectivity index (χ1n) is 8.50. The fourth-order valence-corrected chi connectivity index (χ4v) is 2.81. The highest BCUT2D eigenvalue weighted by atomic mass is 16.6. The van der Waals surface area contributed by atoms with Gasteiger partial charge in [-0.15, -0.1) is 0 Å². The van der Waals surface area contributed by atoms with Crippen molar-refractivity contribution in [3.63, 3.8) is 0 Å². The summed E-state index contributed by atoms with van der Waals surface area (Å²) in [4.78, 5) is 13.7. The van der Waals surface area contributed by atoms with Gasteiger partial charge in [0, 0.05) is 16.9 Å². The van der Waals surface area contributed by atoms with Crippen LogP contribution in [0.5, 0.6) is 5.75 Å². The normalized spacial score (nSPS) is 10.6. The molecule has 0 aliphatic carbocycles. The van der Waals surface area contributed by atoms with Crippen LogP contribution in [0, 0.1) is 10.1 Å². The Morgan fingerprint density at radius 2 is 1.64 bits per heavy atom. The van der Waals surface area contributed by atoms with Gasteiger partial charge in [-0.3, -0.25) is 10.1 Å². The maximum absolute atomic E-state index is 11.0. The summed E-state index contributed by atoms with van der Waals surface area (Å²) in [7, 11) is 1.59. The molecule has 0 fully saturated rings. The lowest BCUT2D eigenvalue weighted by molar-refractivity contribution is -0.734. The van der Waals surface area contributed by atoms with Crippen LogP contribution >= 0.6 is 0 Å². The van der Waals surface area contributed by atoms with Gasteiger partial charge in [0.25, 0.3) is 5.69 Å². The van der Waals surface area contributed by atoms with E-state index >= 15 is 0 Å². The third-order valence-corrected chi connectivity index (χ3v) is 4.18. The van der Waals surface area contributed by atoms with Crippen LogP contribution in [-0.4, -0.2) is 27.0 Å². The van der Waals surface area contributed by atoms with Crippen LogP contribution in [0.4, 0.5) is 5.69 Å². The number of tetrazole rings is 1. The molecular weight excluding hydrogens is 358 g/mol. The van der Waals surface area contributed by atoms with E-state index in [0.29, 0.717) is 22.9 Å². The van der Waals surface area contributed by atoms with Gasteiger partial charge in [-0.05, 0) is 46.3 Å². The van der Waals surface area contributed by atoms with Gasteiger partial charge in [0.15, 0.2) is 5.75 Å². The number of nitro groups is 1. The molecule has 0 bridgehead atoms. The van der Waals surface area contributed by atoms with Gasteiger partial charge >= 0.3 is 5.82 Å².